The van der Waals surface area contributed by atoms with Gasteiger partial charge in [0.1, 0.15) is 18.1 Å². The minimum atomic E-state index is -0.0808. The van der Waals surface area contributed by atoms with Gasteiger partial charge < -0.3 is 9.64 Å². The number of amides is 1. The van der Waals surface area contributed by atoms with Crippen LogP contribution < -0.4 is 4.74 Å². The fourth-order valence-corrected chi connectivity index (χ4v) is 3.29. The fraction of sp³-hybridized carbons (Fsp3) is 0.200. The first-order chi connectivity index (χ1) is 12.5. The summed E-state index contributed by atoms with van der Waals surface area (Å²) in [6.45, 7) is 2.92. The number of carbonyl (C=O) groups is 1. The molecule has 1 heterocycles. The van der Waals surface area contributed by atoms with Crippen LogP contribution in [0.15, 0.2) is 58.7 Å². The molecular formula is C20H19BrN2O2S. The minimum absolute atomic E-state index is 0.0808. The molecule has 3 rings (SSSR count). The third kappa shape index (κ3) is 3.81. The SMILES string of the molecule is CCN1C(=O)/C(=C/c2ccccc2OCc2ccc(Br)cc2)N(C)C1=S. The van der Waals surface area contributed by atoms with E-state index in [9.17, 15) is 4.79 Å². The van der Waals surface area contributed by atoms with Gasteiger partial charge in [0.25, 0.3) is 5.91 Å². The van der Waals surface area contributed by atoms with Crippen LogP contribution in [0.3, 0.4) is 0 Å². The van der Waals surface area contributed by atoms with Crippen molar-refractivity contribution in [1.82, 2.24) is 9.80 Å². The van der Waals surface area contributed by atoms with E-state index in [1.165, 1.54) is 0 Å². The van der Waals surface area contributed by atoms with Gasteiger partial charge in [-0.2, -0.15) is 0 Å². The number of thiocarbonyl (C=S) groups is 1. The highest BCUT2D eigenvalue weighted by molar-refractivity contribution is 9.10. The number of hydrogen-bond acceptors (Lipinski definition) is 3. The Labute approximate surface area is 167 Å². The van der Waals surface area contributed by atoms with Gasteiger partial charge >= 0.3 is 0 Å². The van der Waals surface area contributed by atoms with E-state index in [4.69, 9.17) is 17.0 Å². The lowest BCUT2D eigenvalue weighted by Gasteiger charge is -2.14. The molecule has 0 unspecified atom stereocenters. The standard InChI is InChI=1S/C20H19BrN2O2S/c1-3-23-19(24)17(22(2)20(23)26)12-15-6-4-5-7-18(15)25-13-14-8-10-16(21)11-9-14/h4-12H,3,13H2,1-2H3/b17-12-. The van der Waals surface area contributed by atoms with Crippen LogP contribution in [-0.4, -0.2) is 34.4 Å². The normalized spacial score (nSPS) is 15.9. The lowest BCUT2D eigenvalue weighted by molar-refractivity contribution is -0.122. The summed E-state index contributed by atoms with van der Waals surface area (Å²) in [5, 5.41) is 0.525. The number of benzene rings is 2. The van der Waals surface area contributed by atoms with Gasteiger partial charge in [-0.05, 0) is 49.0 Å². The molecule has 26 heavy (non-hydrogen) atoms. The Morgan fingerprint density at radius 2 is 1.85 bits per heavy atom. The predicted molar refractivity (Wildman–Crippen MR) is 111 cm³/mol. The number of likely N-dealkylation sites (N-methyl/N-ethyl adjacent to an activating group) is 2. The highest BCUT2D eigenvalue weighted by Gasteiger charge is 2.34. The summed E-state index contributed by atoms with van der Waals surface area (Å²) in [4.78, 5) is 15.9. The summed E-state index contributed by atoms with van der Waals surface area (Å²) in [7, 11) is 1.81. The van der Waals surface area contributed by atoms with E-state index in [1.807, 2.05) is 68.6 Å². The third-order valence-electron chi connectivity index (χ3n) is 4.18. The summed E-state index contributed by atoms with van der Waals surface area (Å²) in [6, 6.07) is 15.7. The van der Waals surface area contributed by atoms with E-state index in [0.29, 0.717) is 24.0 Å². The van der Waals surface area contributed by atoms with Crippen molar-refractivity contribution in [3.05, 3.63) is 69.8 Å². The Kier molecular flexibility index (Phi) is 5.74. The highest BCUT2D eigenvalue weighted by Crippen LogP contribution is 2.27. The number of carbonyl (C=O) groups excluding carboxylic acids is 1. The van der Waals surface area contributed by atoms with E-state index >= 15 is 0 Å². The van der Waals surface area contributed by atoms with Crippen molar-refractivity contribution < 1.29 is 9.53 Å². The molecule has 134 valence electrons. The smallest absolute Gasteiger partial charge is 0.276 e. The molecule has 1 saturated heterocycles. The number of rotatable bonds is 5. The number of nitrogens with zero attached hydrogens (tertiary/aromatic N) is 2. The predicted octanol–water partition coefficient (Wildman–Crippen LogP) is 4.45. The van der Waals surface area contributed by atoms with Gasteiger partial charge in [0.2, 0.25) is 0 Å². The molecule has 0 atom stereocenters. The Hall–Kier alpha value is -2.18. The second kappa shape index (κ2) is 8.01. The van der Waals surface area contributed by atoms with Crippen molar-refractivity contribution in [3.8, 4) is 5.75 Å². The average Bonchev–Trinajstić information content (AvgIpc) is 2.85. The maximum Gasteiger partial charge on any atom is 0.276 e. The molecule has 0 N–H and O–H groups in total. The molecular weight excluding hydrogens is 412 g/mol. The Morgan fingerprint density at radius 1 is 1.15 bits per heavy atom. The lowest BCUT2D eigenvalue weighted by atomic mass is 10.1. The van der Waals surface area contributed by atoms with Gasteiger partial charge in [-0.15, -0.1) is 0 Å². The Morgan fingerprint density at radius 3 is 2.50 bits per heavy atom. The first-order valence-corrected chi connectivity index (χ1v) is 9.49. The molecule has 2 aromatic carbocycles. The molecule has 0 saturated carbocycles. The van der Waals surface area contributed by atoms with Gasteiger partial charge in [-0.25, -0.2) is 0 Å². The van der Waals surface area contributed by atoms with E-state index in [0.717, 1.165) is 21.3 Å². The minimum Gasteiger partial charge on any atom is -0.488 e. The van der Waals surface area contributed by atoms with E-state index in [1.54, 1.807) is 9.80 Å². The second-order valence-electron chi connectivity index (χ2n) is 5.87. The number of ether oxygens (including phenoxy) is 1. The molecule has 1 aliphatic rings. The second-order valence-corrected chi connectivity index (χ2v) is 7.15. The van der Waals surface area contributed by atoms with Crippen molar-refractivity contribution in [3.63, 3.8) is 0 Å². The topological polar surface area (TPSA) is 32.8 Å². The van der Waals surface area contributed by atoms with Crippen LogP contribution >= 0.6 is 28.1 Å². The summed E-state index contributed by atoms with van der Waals surface area (Å²) >= 11 is 8.78. The highest BCUT2D eigenvalue weighted by atomic mass is 79.9. The van der Waals surface area contributed by atoms with Crippen molar-refractivity contribution >= 4 is 45.2 Å². The number of para-hydroxylation sites is 1. The van der Waals surface area contributed by atoms with Gasteiger partial charge in [0, 0.05) is 23.6 Å². The number of hydrogen-bond donors (Lipinski definition) is 0. The monoisotopic (exact) mass is 430 g/mol. The van der Waals surface area contributed by atoms with Crippen LogP contribution in [0.25, 0.3) is 6.08 Å². The maximum absolute atomic E-state index is 12.6. The van der Waals surface area contributed by atoms with Crippen molar-refractivity contribution in [2.75, 3.05) is 13.6 Å². The molecule has 6 heteroatoms. The van der Waals surface area contributed by atoms with Crippen LogP contribution in [0.4, 0.5) is 0 Å². The Bertz CT molecular complexity index is 864. The zero-order valence-electron chi connectivity index (χ0n) is 14.6. The van der Waals surface area contributed by atoms with Crippen LogP contribution in [0.1, 0.15) is 18.1 Å². The zero-order chi connectivity index (χ0) is 18.7. The fourth-order valence-electron chi connectivity index (χ4n) is 2.71. The quantitative estimate of drug-likeness (QED) is 0.518. The largest absolute Gasteiger partial charge is 0.488 e. The van der Waals surface area contributed by atoms with Crippen LogP contribution in [0.5, 0.6) is 5.75 Å². The van der Waals surface area contributed by atoms with Gasteiger partial charge in [0.15, 0.2) is 5.11 Å². The first-order valence-electron chi connectivity index (χ1n) is 8.28. The van der Waals surface area contributed by atoms with Crippen molar-refractivity contribution in [2.45, 2.75) is 13.5 Å². The molecule has 1 amide bonds. The molecule has 1 aliphatic heterocycles. The average molecular weight is 431 g/mol. The van der Waals surface area contributed by atoms with Crippen molar-refractivity contribution in [2.24, 2.45) is 0 Å². The summed E-state index contributed by atoms with van der Waals surface area (Å²) in [5.74, 6) is 0.646. The molecule has 1 fully saturated rings. The summed E-state index contributed by atoms with van der Waals surface area (Å²) < 4.78 is 7.02. The maximum atomic E-state index is 12.6. The molecule has 4 nitrogen and oxygen atoms in total. The molecule has 2 aromatic rings. The van der Waals surface area contributed by atoms with Crippen LogP contribution in [0, 0.1) is 0 Å². The van der Waals surface area contributed by atoms with Crippen LogP contribution in [0.2, 0.25) is 0 Å². The molecule has 0 aromatic heterocycles. The molecule has 0 bridgehead atoms. The van der Waals surface area contributed by atoms with E-state index < -0.39 is 0 Å². The van der Waals surface area contributed by atoms with Crippen LogP contribution in [-0.2, 0) is 11.4 Å². The summed E-state index contributed by atoms with van der Waals surface area (Å²) in [6.07, 6.45) is 1.83. The molecule has 0 spiro atoms. The lowest BCUT2D eigenvalue weighted by Crippen LogP contribution is -2.30. The van der Waals surface area contributed by atoms with Gasteiger partial charge in [0.05, 0.1) is 0 Å². The van der Waals surface area contributed by atoms with Gasteiger partial charge in [-0.1, -0.05) is 46.3 Å². The first kappa shape index (κ1) is 18.6. The molecule has 0 aliphatic carbocycles. The molecule has 0 radical (unpaired) electrons. The summed E-state index contributed by atoms with van der Waals surface area (Å²) in [5.41, 5.74) is 2.47. The zero-order valence-corrected chi connectivity index (χ0v) is 17.0. The third-order valence-corrected chi connectivity index (χ3v) is 5.20. The van der Waals surface area contributed by atoms with E-state index in [2.05, 4.69) is 15.9 Å². The Balaban J connectivity index is 1.84. The van der Waals surface area contributed by atoms with E-state index in [-0.39, 0.29) is 5.91 Å². The number of halogens is 1. The van der Waals surface area contributed by atoms with Gasteiger partial charge in [-0.3, -0.25) is 9.69 Å². The van der Waals surface area contributed by atoms with Crippen molar-refractivity contribution in [1.29, 1.82) is 0 Å².